The molecule has 8 nitrogen and oxygen atoms in total. The number of hydrogen-bond donors (Lipinski definition) is 0. The second kappa shape index (κ2) is 11.7. The van der Waals surface area contributed by atoms with Crippen LogP contribution in [0.3, 0.4) is 0 Å². The molecule has 0 bridgehead atoms. The number of carbonyl (C=O) groups is 1. The molecule has 11 heteroatoms. The van der Waals surface area contributed by atoms with Gasteiger partial charge in [-0.3, -0.25) is 9.36 Å². The Hall–Kier alpha value is -4.25. The molecule has 41 heavy (non-hydrogen) atoms. The van der Waals surface area contributed by atoms with Gasteiger partial charge in [-0.15, -0.1) is 0 Å². The molecular formula is C30H21ClN4O4S2. The van der Waals surface area contributed by atoms with Crippen LogP contribution in [0.2, 0.25) is 5.02 Å². The number of benzene rings is 2. The van der Waals surface area contributed by atoms with Crippen LogP contribution < -0.4 is 14.9 Å². The van der Waals surface area contributed by atoms with Gasteiger partial charge in [0.1, 0.15) is 5.76 Å². The summed E-state index contributed by atoms with van der Waals surface area (Å²) in [4.78, 5) is 41.1. The van der Waals surface area contributed by atoms with Gasteiger partial charge in [0.15, 0.2) is 15.1 Å². The molecule has 0 saturated carbocycles. The molecule has 0 fully saturated rings. The van der Waals surface area contributed by atoms with Crippen LogP contribution in [0.15, 0.2) is 115 Å². The second-order valence-corrected chi connectivity index (χ2v) is 11.2. The molecule has 0 aliphatic carbocycles. The maximum Gasteiger partial charge on any atom is 0.338 e. The van der Waals surface area contributed by atoms with Gasteiger partial charge in [-0.25, -0.2) is 19.8 Å². The Morgan fingerprint density at radius 2 is 1.83 bits per heavy atom. The molecule has 3 aromatic heterocycles. The molecule has 0 radical (unpaired) electrons. The Kier molecular flexibility index (Phi) is 7.69. The quantitative estimate of drug-likeness (QED) is 0.189. The van der Waals surface area contributed by atoms with Crippen LogP contribution in [0.4, 0.5) is 0 Å². The van der Waals surface area contributed by atoms with Gasteiger partial charge in [-0.05, 0) is 54.6 Å². The van der Waals surface area contributed by atoms with Crippen LogP contribution >= 0.6 is 34.7 Å². The van der Waals surface area contributed by atoms with Gasteiger partial charge in [0, 0.05) is 29.1 Å². The maximum absolute atomic E-state index is 14.0. The number of nitrogens with zero attached hydrogens (tertiary/aromatic N) is 4. The Balaban J connectivity index is 1.52. The number of hydrogen-bond acceptors (Lipinski definition) is 9. The molecule has 5 aromatic rings. The van der Waals surface area contributed by atoms with E-state index in [0.29, 0.717) is 41.6 Å². The van der Waals surface area contributed by atoms with E-state index in [4.69, 9.17) is 25.7 Å². The smallest absolute Gasteiger partial charge is 0.338 e. The Morgan fingerprint density at radius 1 is 1.07 bits per heavy atom. The summed E-state index contributed by atoms with van der Waals surface area (Å²) in [7, 11) is 0. The minimum atomic E-state index is -0.780. The first kappa shape index (κ1) is 26.9. The Labute approximate surface area is 247 Å². The lowest BCUT2D eigenvalue weighted by Gasteiger charge is -2.25. The minimum absolute atomic E-state index is 0.176. The summed E-state index contributed by atoms with van der Waals surface area (Å²) < 4.78 is 13.4. The average molecular weight is 601 g/mol. The molecule has 4 heterocycles. The molecule has 0 spiro atoms. The van der Waals surface area contributed by atoms with Crippen LogP contribution in [0.25, 0.3) is 11.8 Å². The van der Waals surface area contributed by atoms with E-state index in [2.05, 4.69) is 9.97 Å². The second-order valence-electron chi connectivity index (χ2n) is 8.77. The van der Waals surface area contributed by atoms with Crippen molar-refractivity contribution in [3.05, 3.63) is 132 Å². The number of aromatic nitrogens is 3. The van der Waals surface area contributed by atoms with Gasteiger partial charge in [0.25, 0.3) is 5.56 Å². The predicted molar refractivity (Wildman–Crippen MR) is 157 cm³/mol. The van der Waals surface area contributed by atoms with Crippen molar-refractivity contribution in [1.82, 2.24) is 14.5 Å². The molecule has 1 atom stereocenters. The van der Waals surface area contributed by atoms with Crippen molar-refractivity contribution in [2.75, 3.05) is 6.61 Å². The van der Waals surface area contributed by atoms with Crippen LogP contribution in [-0.2, 0) is 9.53 Å². The summed E-state index contributed by atoms with van der Waals surface area (Å²) >= 11 is 8.69. The monoisotopic (exact) mass is 600 g/mol. The van der Waals surface area contributed by atoms with Gasteiger partial charge >= 0.3 is 5.97 Å². The predicted octanol–water partition coefficient (Wildman–Crippen LogP) is 5.12. The van der Waals surface area contributed by atoms with E-state index in [1.54, 1.807) is 67.9 Å². The number of thiazole rings is 1. The number of esters is 1. The molecule has 0 amide bonds. The first-order valence-corrected chi connectivity index (χ1v) is 14.6. The molecule has 0 unspecified atom stereocenters. The SMILES string of the molecule is CCOC(=O)C1=C(c2ccccc2)N=c2s/c(=C/c3ccc(Sc4ncccn4)o3)c(=O)n2[C@@H]1c1ccc(Cl)cc1. The molecule has 204 valence electrons. The molecular weight excluding hydrogens is 580 g/mol. The number of ether oxygens (including phenoxy) is 1. The lowest BCUT2D eigenvalue weighted by atomic mass is 9.93. The fourth-order valence-corrected chi connectivity index (χ4v) is 6.21. The minimum Gasteiger partial charge on any atom is -0.463 e. The van der Waals surface area contributed by atoms with Crippen LogP contribution in [0.1, 0.15) is 29.9 Å². The first-order chi connectivity index (χ1) is 20.0. The summed E-state index contributed by atoms with van der Waals surface area (Å²) in [6, 6.07) is 21.0. The largest absolute Gasteiger partial charge is 0.463 e. The molecule has 1 aliphatic rings. The highest BCUT2D eigenvalue weighted by atomic mass is 35.5. The van der Waals surface area contributed by atoms with Crippen LogP contribution in [0, 0.1) is 0 Å². The summed E-state index contributed by atoms with van der Waals surface area (Å²) in [5, 5.41) is 1.68. The molecule has 0 N–H and O–H groups in total. The lowest BCUT2D eigenvalue weighted by Crippen LogP contribution is -2.39. The summed E-state index contributed by atoms with van der Waals surface area (Å²) in [5.74, 6) is -0.0511. The summed E-state index contributed by atoms with van der Waals surface area (Å²) in [5.41, 5.74) is 1.87. The van der Waals surface area contributed by atoms with Gasteiger partial charge < -0.3 is 9.15 Å². The third kappa shape index (κ3) is 5.54. The topological polar surface area (TPSA) is 99.6 Å². The van der Waals surface area contributed by atoms with E-state index >= 15 is 0 Å². The fourth-order valence-electron chi connectivity index (χ4n) is 4.42. The molecule has 2 aromatic carbocycles. The number of rotatable bonds is 7. The van der Waals surface area contributed by atoms with Crippen molar-refractivity contribution in [1.29, 1.82) is 0 Å². The van der Waals surface area contributed by atoms with Crippen molar-refractivity contribution < 1.29 is 13.9 Å². The van der Waals surface area contributed by atoms with Crippen molar-refractivity contribution in [2.45, 2.75) is 23.2 Å². The van der Waals surface area contributed by atoms with E-state index in [9.17, 15) is 9.59 Å². The highest BCUT2D eigenvalue weighted by Gasteiger charge is 2.35. The fraction of sp³-hybridized carbons (Fsp3) is 0.100. The zero-order valence-corrected chi connectivity index (χ0v) is 23.9. The average Bonchev–Trinajstić information content (AvgIpc) is 3.56. The number of furan rings is 1. The van der Waals surface area contributed by atoms with Gasteiger partial charge in [0.2, 0.25) is 0 Å². The molecule has 1 aliphatic heterocycles. The zero-order chi connectivity index (χ0) is 28.3. The summed E-state index contributed by atoms with van der Waals surface area (Å²) in [6.45, 7) is 1.92. The normalized spacial score (nSPS) is 15.0. The Bertz CT molecular complexity index is 1930. The van der Waals surface area contributed by atoms with Gasteiger partial charge in [-0.1, -0.05) is 65.4 Å². The van der Waals surface area contributed by atoms with Crippen LogP contribution in [0.5, 0.6) is 0 Å². The van der Waals surface area contributed by atoms with E-state index < -0.39 is 12.0 Å². The molecule has 6 rings (SSSR count). The first-order valence-electron chi connectivity index (χ1n) is 12.6. The van der Waals surface area contributed by atoms with E-state index in [-0.39, 0.29) is 17.7 Å². The number of halogens is 1. The highest BCUT2D eigenvalue weighted by molar-refractivity contribution is 7.99. The lowest BCUT2D eigenvalue weighted by molar-refractivity contribution is -0.138. The summed E-state index contributed by atoms with van der Waals surface area (Å²) in [6.07, 6.45) is 4.99. The number of carbonyl (C=O) groups excluding carboxylic acids is 1. The van der Waals surface area contributed by atoms with Crippen LogP contribution in [-0.4, -0.2) is 27.1 Å². The zero-order valence-electron chi connectivity index (χ0n) is 21.6. The van der Waals surface area contributed by atoms with Crippen molar-refractivity contribution in [3.63, 3.8) is 0 Å². The van der Waals surface area contributed by atoms with E-state index in [1.807, 2.05) is 30.3 Å². The van der Waals surface area contributed by atoms with E-state index in [1.165, 1.54) is 27.7 Å². The standard InChI is InChI=1S/C30H21ClN4O4S2/c1-2-38-28(37)24-25(18-7-4-3-5-8-18)34-30-35(26(24)19-9-11-20(31)12-10-19)27(36)22(40-30)17-21-13-14-23(39-21)41-29-32-15-6-16-33-29/h3-17,26H,2H2,1H3/b22-17+/t26-/m1/s1. The number of fused-ring (bicyclic) bond motifs is 1. The van der Waals surface area contributed by atoms with E-state index in [0.717, 1.165) is 5.56 Å². The van der Waals surface area contributed by atoms with Crippen molar-refractivity contribution in [2.24, 2.45) is 4.99 Å². The highest BCUT2D eigenvalue weighted by Crippen LogP contribution is 2.35. The van der Waals surface area contributed by atoms with Gasteiger partial charge in [-0.2, -0.15) is 0 Å². The van der Waals surface area contributed by atoms with Gasteiger partial charge in [0.05, 0.1) is 28.5 Å². The van der Waals surface area contributed by atoms with Crippen molar-refractivity contribution >= 4 is 52.4 Å². The maximum atomic E-state index is 14.0. The molecule has 0 saturated heterocycles. The Morgan fingerprint density at radius 3 is 2.56 bits per heavy atom. The third-order valence-corrected chi connectivity index (χ3v) is 8.22. The van der Waals surface area contributed by atoms with Crippen molar-refractivity contribution in [3.8, 4) is 0 Å². The third-order valence-electron chi connectivity index (χ3n) is 6.17.